The zero-order valence-corrected chi connectivity index (χ0v) is 16.0. The normalized spacial score (nSPS) is 10.3. The minimum Gasteiger partial charge on any atom is -0.484 e. The minimum atomic E-state index is -0.284. The van der Waals surface area contributed by atoms with Crippen molar-refractivity contribution in [2.75, 3.05) is 25.0 Å². The van der Waals surface area contributed by atoms with Crippen LogP contribution in [0.2, 0.25) is 5.02 Å². The average molecular weight is 375 g/mol. The third-order valence-electron chi connectivity index (χ3n) is 3.98. The molecule has 2 aromatic carbocycles. The Balaban J connectivity index is 1.90. The minimum absolute atomic E-state index is 0.0180. The zero-order valence-electron chi connectivity index (χ0n) is 15.2. The maximum atomic E-state index is 12.2. The van der Waals surface area contributed by atoms with Gasteiger partial charge in [-0.3, -0.25) is 9.59 Å². The molecule has 0 aliphatic carbocycles. The number of hydrogen-bond acceptors (Lipinski definition) is 3. The van der Waals surface area contributed by atoms with Gasteiger partial charge in [0, 0.05) is 29.4 Å². The Labute approximate surface area is 158 Å². The molecule has 6 heteroatoms. The predicted octanol–water partition coefficient (Wildman–Crippen LogP) is 4.15. The SMILES string of the molecule is CCN(CC)C(=O)c1ccc(OCC(=O)Nc2ccc(C)c(Cl)c2)cc1. The van der Waals surface area contributed by atoms with Crippen LogP contribution in [0.5, 0.6) is 5.75 Å². The number of ether oxygens (including phenoxy) is 1. The van der Waals surface area contributed by atoms with Crippen molar-refractivity contribution in [3.8, 4) is 5.75 Å². The van der Waals surface area contributed by atoms with Gasteiger partial charge in [-0.2, -0.15) is 0 Å². The van der Waals surface area contributed by atoms with E-state index in [1.54, 1.807) is 41.3 Å². The molecular formula is C20H23ClN2O3. The molecule has 2 aromatic rings. The largest absolute Gasteiger partial charge is 0.484 e. The van der Waals surface area contributed by atoms with Gasteiger partial charge in [-0.05, 0) is 62.7 Å². The molecule has 138 valence electrons. The number of benzene rings is 2. The highest BCUT2D eigenvalue weighted by atomic mass is 35.5. The molecule has 2 amide bonds. The van der Waals surface area contributed by atoms with Crippen molar-refractivity contribution in [3.63, 3.8) is 0 Å². The fraction of sp³-hybridized carbons (Fsp3) is 0.300. The fourth-order valence-electron chi connectivity index (χ4n) is 2.40. The Kier molecular flexibility index (Phi) is 7.04. The number of amides is 2. The molecule has 0 aliphatic heterocycles. The van der Waals surface area contributed by atoms with Gasteiger partial charge < -0.3 is 15.0 Å². The number of carbonyl (C=O) groups is 2. The molecule has 0 aliphatic rings. The summed E-state index contributed by atoms with van der Waals surface area (Å²) in [4.78, 5) is 26.0. The Bertz CT molecular complexity index is 771. The molecule has 0 atom stereocenters. The molecule has 0 saturated heterocycles. The van der Waals surface area contributed by atoms with Gasteiger partial charge in [-0.25, -0.2) is 0 Å². The lowest BCUT2D eigenvalue weighted by Gasteiger charge is -2.18. The Morgan fingerprint density at radius 1 is 1.08 bits per heavy atom. The summed E-state index contributed by atoms with van der Waals surface area (Å²) in [5.74, 6) is 0.224. The maximum absolute atomic E-state index is 12.2. The van der Waals surface area contributed by atoms with E-state index in [-0.39, 0.29) is 18.4 Å². The molecule has 5 nitrogen and oxygen atoms in total. The molecule has 0 bridgehead atoms. The Hall–Kier alpha value is -2.53. The average Bonchev–Trinajstić information content (AvgIpc) is 2.64. The third-order valence-corrected chi connectivity index (χ3v) is 4.38. The molecular weight excluding hydrogens is 352 g/mol. The molecule has 0 spiro atoms. The van der Waals surface area contributed by atoms with E-state index in [4.69, 9.17) is 16.3 Å². The molecule has 26 heavy (non-hydrogen) atoms. The van der Waals surface area contributed by atoms with E-state index in [2.05, 4.69) is 5.32 Å². The standard InChI is InChI=1S/C20H23ClN2O3/c1-4-23(5-2)20(25)15-7-10-17(11-8-15)26-13-19(24)22-16-9-6-14(3)18(21)12-16/h6-12H,4-5,13H2,1-3H3,(H,22,24). The van der Waals surface area contributed by atoms with Crippen molar-refractivity contribution in [2.24, 2.45) is 0 Å². The van der Waals surface area contributed by atoms with E-state index in [0.29, 0.717) is 35.1 Å². The first-order valence-electron chi connectivity index (χ1n) is 8.52. The molecule has 0 heterocycles. The number of aryl methyl sites for hydroxylation is 1. The topological polar surface area (TPSA) is 58.6 Å². The van der Waals surface area contributed by atoms with E-state index < -0.39 is 0 Å². The van der Waals surface area contributed by atoms with Crippen molar-refractivity contribution in [1.82, 2.24) is 4.90 Å². The van der Waals surface area contributed by atoms with E-state index >= 15 is 0 Å². The van der Waals surface area contributed by atoms with Crippen LogP contribution in [0.15, 0.2) is 42.5 Å². The Morgan fingerprint density at radius 2 is 1.73 bits per heavy atom. The van der Waals surface area contributed by atoms with Crippen LogP contribution < -0.4 is 10.1 Å². The van der Waals surface area contributed by atoms with Crippen LogP contribution in [0.4, 0.5) is 5.69 Å². The van der Waals surface area contributed by atoms with Gasteiger partial charge >= 0.3 is 0 Å². The van der Waals surface area contributed by atoms with Gasteiger partial charge in [0.05, 0.1) is 0 Å². The summed E-state index contributed by atoms with van der Waals surface area (Å²) in [6.07, 6.45) is 0. The van der Waals surface area contributed by atoms with Gasteiger partial charge in [0.2, 0.25) is 0 Å². The first-order chi connectivity index (χ1) is 12.4. The quantitative estimate of drug-likeness (QED) is 0.792. The lowest BCUT2D eigenvalue weighted by Crippen LogP contribution is -2.30. The summed E-state index contributed by atoms with van der Waals surface area (Å²) in [5.41, 5.74) is 2.16. The first-order valence-corrected chi connectivity index (χ1v) is 8.90. The maximum Gasteiger partial charge on any atom is 0.262 e. The van der Waals surface area contributed by atoms with Crippen molar-refractivity contribution in [3.05, 3.63) is 58.6 Å². The molecule has 1 N–H and O–H groups in total. The van der Waals surface area contributed by atoms with Crippen molar-refractivity contribution >= 4 is 29.1 Å². The van der Waals surface area contributed by atoms with E-state index in [1.165, 1.54) is 0 Å². The highest BCUT2D eigenvalue weighted by molar-refractivity contribution is 6.31. The second-order valence-electron chi connectivity index (χ2n) is 5.80. The van der Waals surface area contributed by atoms with Crippen molar-refractivity contribution in [2.45, 2.75) is 20.8 Å². The summed E-state index contributed by atoms with van der Waals surface area (Å²) in [7, 11) is 0. The number of nitrogens with zero attached hydrogens (tertiary/aromatic N) is 1. The monoisotopic (exact) mass is 374 g/mol. The van der Waals surface area contributed by atoms with Crippen LogP contribution in [0, 0.1) is 6.92 Å². The number of rotatable bonds is 7. The summed E-state index contributed by atoms with van der Waals surface area (Å²) >= 11 is 6.04. The molecule has 0 radical (unpaired) electrons. The molecule has 0 unspecified atom stereocenters. The summed E-state index contributed by atoms with van der Waals surface area (Å²) in [6.45, 7) is 6.98. The summed E-state index contributed by atoms with van der Waals surface area (Å²) < 4.78 is 5.47. The Morgan fingerprint density at radius 3 is 2.31 bits per heavy atom. The molecule has 0 saturated carbocycles. The van der Waals surface area contributed by atoms with E-state index in [1.807, 2.05) is 26.8 Å². The summed E-state index contributed by atoms with van der Waals surface area (Å²) in [5, 5.41) is 3.33. The van der Waals surface area contributed by atoms with Gasteiger partial charge in [-0.15, -0.1) is 0 Å². The van der Waals surface area contributed by atoms with Crippen LogP contribution in [0.1, 0.15) is 29.8 Å². The highest BCUT2D eigenvalue weighted by Crippen LogP contribution is 2.20. The molecule has 2 rings (SSSR count). The van der Waals surface area contributed by atoms with Crippen LogP contribution >= 0.6 is 11.6 Å². The van der Waals surface area contributed by atoms with Crippen LogP contribution in [0.3, 0.4) is 0 Å². The first kappa shape index (κ1) is 19.8. The van der Waals surface area contributed by atoms with Crippen LogP contribution in [0.25, 0.3) is 0 Å². The molecule has 0 aromatic heterocycles. The summed E-state index contributed by atoms with van der Waals surface area (Å²) in [6, 6.07) is 12.1. The van der Waals surface area contributed by atoms with Gasteiger partial charge in [0.1, 0.15) is 5.75 Å². The number of nitrogens with one attached hydrogen (secondary N) is 1. The zero-order chi connectivity index (χ0) is 19.1. The second kappa shape index (κ2) is 9.25. The van der Waals surface area contributed by atoms with Gasteiger partial charge in [0.15, 0.2) is 6.61 Å². The van der Waals surface area contributed by atoms with Crippen molar-refractivity contribution < 1.29 is 14.3 Å². The van der Waals surface area contributed by atoms with Gasteiger partial charge in [-0.1, -0.05) is 17.7 Å². The van der Waals surface area contributed by atoms with Crippen LogP contribution in [-0.4, -0.2) is 36.4 Å². The van der Waals surface area contributed by atoms with Crippen molar-refractivity contribution in [1.29, 1.82) is 0 Å². The van der Waals surface area contributed by atoms with E-state index in [0.717, 1.165) is 5.56 Å². The molecule has 0 fully saturated rings. The number of hydrogen-bond donors (Lipinski definition) is 1. The van der Waals surface area contributed by atoms with Crippen LogP contribution in [-0.2, 0) is 4.79 Å². The smallest absolute Gasteiger partial charge is 0.262 e. The third kappa shape index (κ3) is 5.23. The lowest BCUT2D eigenvalue weighted by atomic mass is 10.2. The number of anilines is 1. The second-order valence-corrected chi connectivity index (χ2v) is 6.21. The number of carbonyl (C=O) groups excluding carboxylic acids is 2. The van der Waals surface area contributed by atoms with Gasteiger partial charge in [0.25, 0.3) is 11.8 Å². The number of halogens is 1. The lowest BCUT2D eigenvalue weighted by molar-refractivity contribution is -0.118. The highest BCUT2D eigenvalue weighted by Gasteiger charge is 2.12. The predicted molar refractivity (Wildman–Crippen MR) is 104 cm³/mol. The van der Waals surface area contributed by atoms with E-state index in [9.17, 15) is 9.59 Å². The fourth-order valence-corrected chi connectivity index (χ4v) is 2.58.